The van der Waals surface area contributed by atoms with Crippen LogP contribution in [-0.4, -0.2) is 16.1 Å². The Hall–Kier alpha value is -1.82. The van der Waals surface area contributed by atoms with Gasteiger partial charge in [-0.2, -0.15) is 5.10 Å². The Kier molecular flexibility index (Phi) is 3.90. The zero-order valence-electron chi connectivity index (χ0n) is 11.2. The molecule has 2 aromatic heterocycles. The van der Waals surface area contributed by atoms with Gasteiger partial charge < -0.3 is 11.1 Å². The highest BCUT2D eigenvalue weighted by molar-refractivity contribution is 7.10. The lowest BCUT2D eigenvalue weighted by Gasteiger charge is -2.21. The summed E-state index contributed by atoms with van der Waals surface area (Å²) >= 11 is 1.64. The van der Waals surface area contributed by atoms with Crippen molar-refractivity contribution >= 4 is 23.1 Å². The van der Waals surface area contributed by atoms with E-state index in [1.165, 1.54) is 0 Å². The molecule has 2 aromatic rings. The van der Waals surface area contributed by atoms with Gasteiger partial charge in [-0.3, -0.25) is 9.89 Å². The summed E-state index contributed by atoms with van der Waals surface area (Å²) in [7, 11) is 0. The highest BCUT2D eigenvalue weighted by Crippen LogP contribution is 2.26. The van der Waals surface area contributed by atoms with Crippen molar-refractivity contribution in [1.82, 2.24) is 15.5 Å². The van der Waals surface area contributed by atoms with Crippen LogP contribution in [-0.2, 0) is 0 Å². The van der Waals surface area contributed by atoms with E-state index in [9.17, 15) is 4.79 Å². The number of rotatable bonds is 4. The second-order valence-corrected chi connectivity index (χ2v) is 5.80. The number of amides is 1. The molecule has 0 saturated carbocycles. The molecule has 2 heterocycles. The first-order valence-corrected chi connectivity index (χ1v) is 7.03. The Balaban J connectivity index is 2.21. The standard InChI is InChI=1S/C13H18N4OS/c1-7(2)11(9-5-4-6-19-9)15-13(18)10-8(3)16-17-12(10)14/h4-7,11H,1-3H3,(H,15,18)(H3,14,16,17). The van der Waals surface area contributed by atoms with Crippen LogP contribution >= 0.6 is 11.3 Å². The fraction of sp³-hybridized carbons (Fsp3) is 0.385. The first kappa shape index (κ1) is 13.6. The molecule has 2 rings (SSSR count). The van der Waals surface area contributed by atoms with Gasteiger partial charge in [0.1, 0.15) is 5.56 Å². The van der Waals surface area contributed by atoms with Crippen LogP contribution in [0.1, 0.15) is 40.8 Å². The number of aromatic nitrogens is 2. The number of nitrogen functional groups attached to an aromatic ring is 1. The highest BCUT2D eigenvalue weighted by Gasteiger charge is 2.23. The van der Waals surface area contributed by atoms with E-state index in [0.717, 1.165) is 4.88 Å². The minimum atomic E-state index is -0.184. The Morgan fingerprint density at radius 1 is 1.53 bits per heavy atom. The second kappa shape index (κ2) is 5.44. The van der Waals surface area contributed by atoms with Crippen LogP contribution in [0.15, 0.2) is 17.5 Å². The molecule has 5 nitrogen and oxygen atoms in total. The van der Waals surface area contributed by atoms with Crippen LogP contribution < -0.4 is 11.1 Å². The van der Waals surface area contributed by atoms with Crippen molar-refractivity contribution in [2.24, 2.45) is 5.92 Å². The fourth-order valence-electron chi connectivity index (χ4n) is 1.98. The maximum absolute atomic E-state index is 12.3. The lowest BCUT2D eigenvalue weighted by atomic mass is 10.0. The third-order valence-electron chi connectivity index (χ3n) is 3.01. The molecule has 19 heavy (non-hydrogen) atoms. The summed E-state index contributed by atoms with van der Waals surface area (Å²) in [5, 5.41) is 11.6. The molecular formula is C13H18N4OS. The van der Waals surface area contributed by atoms with Crippen LogP contribution in [0, 0.1) is 12.8 Å². The molecule has 0 spiro atoms. The van der Waals surface area contributed by atoms with Gasteiger partial charge in [0.2, 0.25) is 0 Å². The van der Waals surface area contributed by atoms with Crippen molar-refractivity contribution in [3.63, 3.8) is 0 Å². The molecular weight excluding hydrogens is 260 g/mol. The molecule has 0 aromatic carbocycles. The van der Waals surface area contributed by atoms with Crippen LogP contribution in [0.2, 0.25) is 0 Å². The van der Waals surface area contributed by atoms with Gasteiger partial charge in [0.25, 0.3) is 5.91 Å². The van der Waals surface area contributed by atoms with Crippen molar-refractivity contribution in [3.8, 4) is 0 Å². The quantitative estimate of drug-likeness (QED) is 0.803. The van der Waals surface area contributed by atoms with Gasteiger partial charge in [-0.25, -0.2) is 0 Å². The average molecular weight is 278 g/mol. The maximum Gasteiger partial charge on any atom is 0.257 e. The number of thiophene rings is 1. The number of nitrogens with zero attached hydrogens (tertiary/aromatic N) is 1. The molecule has 102 valence electrons. The van der Waals surface area contributed by atoms with E-state index >= 15 is 0 Å². The zero-order chi connectivity index (χ0) is 14.0. The van der Waals surface area contributed by atoms with Gasteiger partial charge in [-0.1, -0.05) is 19.9 Å². The largest absolute Gasteiger partial charge is 0.382 e. The number of hydrogen-bond acceptors (Lipinski definition) is 4. The predicted octanol–water partition coefficient (Wildman–Crippen LogP) is 2.49. The Labute approximate surface area is 116 Å². The summed E-state index contributed by atoms with van der Waals surface area (Å²) in [6.07, 6.45) is 0. The van der Waals surface area contributed by atoms with Gasteiger partial charge in [-0.05, 0) is 24.3 Å². The van der Waals surface area contributed by atoms with E-state index in [0.29, 0.717) is 17.2 Å². The molecule has 0 aliphatic heterocycles. The number of H-pyrrole nitrogens is 1. The van der Waals surface area contributed by atoms with E-state index in [2.05, 4.69) is 29.4 Å². The maximum atomic E-state index is 12.3. The van der Waals surface area contributed by atoms with E-state index < -0.39 is 0 Å². The van der Waals surface area contributed by atoms with Crippen LogP contribution in [0.5, 0.6) is 0 Å². The first-order valence-electron chi connectivity index (χ1n) is 6.15. The van der Waals surface area contributed by atoms with Crippen LogP contribution in [0.25, 0.3) is 0 Å². The molecule has 0 saturated heterocycles. The summed E-state index contributed by atoms with van der Waals surface area (Å²) in [6, 6.07) is 4.00. The number of nitrogens with one attached hydrogen (secondary N) is 2. The SMILES string of the molecule is Cc1[nH]nc(N)c1C(=O)NC(c1cccs1)C(C)C. The molecule has 1 amide bonds. The van der Waals surface area contributed by atoms with Crippen LogP contribution in [0.4, 0.5) is 5.82 Å². The number of aromatic amines is 1. The van der Waals surface area contributed by atoms with E-state index in [1.54, 1.807) is 18.3 Å². The fourth-order valence-corrected chi connectivity index (χ4v) is 2.93. The first-order chi connectivity index (χ1) is 9.00. The summed E-state index contributed by atoms with van der Waals surface area (Å²) < 4.78 is 0. The van der Waals surface area contributed by atoms with Crippen molar-refractivity contribution < 1.29 is 4.79 Å². The smallest absolute Gasteiger partial charge is 0.257 e. The molecule has 0 bridgehead atoms. The molecule has 1 unspecified atom stereocenters. The van der Waals surface area contributed by atoms with Gasteiger partial charge in [0.05, 0.1) is 6.04 Å². The highest BCUT2D eigenvalue weighted by atomic mass is 32.1. The lowest BCUT2D eigenvalue weighted by Crippen LogP contribution is -2.31. The number of hydrogen-bond donors (Lipinski definition) is 3. The third kappa shape index (κ3) is 2.78. The van der Waals surface area contributed by atoms with Gasteiger partial charge in [0.15, 0.2) is 5.82 Å². The lowest BCUT2D eigenvalue weighted by molar-refractivity contribution is 0.0927. The molecule has 6 heteroatoms. The van der Waals surface area contributed by atoms with Gasteiger partial charge in [0, 0.05) is 10.6 Å². The molecule has 0 radical (unpaired) electrons. The monoisotopic (exact) mass is 278 g/mol. The summed E-state index contributed by atoms with van der Waals surface area (Å²) in [6.45, 7) is 5.94. The van der Waals surface area contributed by atoms with Crippen molar-refractivity contribution in [1.29, 1.82) is 0 Å². The van der Waals surface area contributed by atoms with E-state index in [-0.39, 0.29) is 17.8 Å². The molecule has 1 atom stereocenters. The second-order valence-electron chi connectivity index (χ2n) is 4.82. The number of aryl methyl sites for hydroxylation is 1. The van der Waals surface area contributed by atoms with Crippen molar-refractivity contribution in [3.05, 3.63) is 33.6 Å². The van der Waals surface area contributed by atoms with Gasteiger partial charge >= 0.3 is 0 Å². The summed E-state index contributed by atoms with van der Waals surface area (Å²) in [5.41, 5.74) is 6.83. The molecule has 4 N–H and O–H groups in total. The number of anilines is 1. The normalized spacial score (nSPS) is 12.6. The summed E-state index contributed by atoms with van der Waals surface area (Å²) in [4.78, 5) is 13.5. The minimum Gasteiger partial charge on any atom is -0.382 e. The number of nitrogens with two attached hydrogens (primary N) is 1. The molecule has 0 aliphatic carbocycles. The Bertz CT molecular complexity index is 540. The summed E-state index contributed by atoms with van der Waals surface area (Å²) in [5.74, 6) is 0.357. The molecule has 0 fully saturated rings. The van der Waals surface area contributed by atoms with Gasteiger partial charge in [-0.15, -0.1) is 11.3 Å². The predicted molar refractivity (Wildman–Crippen MR) is 77.1 cm³/mol. The van der Waals surface area contributed by atoms with Crippen LogP contribution in [0.3, 0.4) is 0 Å². The third-order valence-corrected chi connectivity index (χ3v) is 3.96. The average Bonchev–Trinajstić information content (AvgIpc) is 2.96. The Morgan fingerprint density at radius 2 is 2.26 bits per heavy atom. The number of carbonyl (C=O) groups excluding carboxylic acids is 1. The van der Waals surface area contributed by atoms with Crippen molar-refractivity contribution in [2.45, 2.75) is 26.8 Å². The van der Waals surface area contributed by atoms with E-state index in [4.69, 9.17) is 5.73 Å². The number of carbonyl (C=O) groups is 1. The zero-order valence-corrected chi connectivity index (χ0v) is 12.0. The minimum absolute atomic E-state index is 0.0128. The topological polar surface area (TPSA) is 83.8 Å². The molecule has 0 aliphatic rings. The van der Waals surface area contributed by atoms with E-state index in [1.807, 2.05) is 17.5 Å². The van der Waals surface area contributed by atoms with Crippen molar-refractivity contribution in [2.75, 3.05) is 5.73 Å². The Morgan fingerprint density at radius 3 is 2.74 bits per heavy atom.